The topological polar surface area (TPSA) is 117 Å². The van der Waals surface area contributed by atoms with Crippen LogP contribution in [0.5, 0.6) is 17.2 Å². The van der Waals surface area contributed by atoms with Crippen LogP contribution < -0.4 is 24.8 Å². The SMILES string of the molecule is CC1Oc2ccc(NC(=O)c3cc(-c4ccc5c(c4)OCCO5)nc4c3cnn4C(C)C)cc2NC1=O. The van der Waals surface area contributed by atoms with Crippen LogP contribution in [0.15, 0.2) is 48.7 Å². The van der Waals surface area contributed by atoms with Gasteiger partial charge in [0.2, 0.25) is 0 Å². The lowest BCUT2D eigenvalue weighted by molar-refractivity contribution is -0.122. The molecule has 10 heteroatoms. The van der Waals surface area contributed by atoms with E-state index in [2.05, 4.69) is 15.7 Å². The first kappa shape index (κ1) is 22.8. The van der Waals surface area contributed by atoms with Gasteiger partial charge in [0, 0.05) is 17.3 Å². The highest BCUT2D eigenvalue weighted by atomic mass is 16.6. The van der Waals surface area contributed by atoms with E-state index in [-0.39, 0.29) is 17.9 Å². The summed E-state index contributed by atoms with van der Waals surface area (Å²) in [6.45, 7) is 6.68. The quantitative estimate of drug-likeness (QED) is 0.427. The van der Waals surface area contributed by atoms with Gasteiger partial charge in [0.05, 0.1) is 28.5 Å². The number of nitrogens with one attached hydrogen (secondary N) is 2. The van der Waals surface area contributed by atoms with Gasteiger partial charge in [0.15, 0.2) is 23.3 Å². The Labute approximate surface area is 212 Å². The van der Waals surface area contributed by atoms with Crippen LogP contribution in [0.3, 0.4) is 0 Å². The van der Waals surface area contributed by atoms with Gasteiger partial charge in [-0.25, -0.2) is 9.67 Å². The molecule has 37 heavy (non-hydrogen) atoms. The van der Waals surface area contributed by atoms with Gasteiger partial charge in [-0.3, -0.25) is 9.59 Å². The monoisotopic (exact) mass is 499 g/mol. The summed E-state index contributed by atoms with van der Waals surface area (Å²) in [6, 6.07) is 12.5. The molecule has 0 spiro atoms. The number of carbonyl (C=O) groups is 2. The Morgan fingerprint density at radius 1 is 1.08 bits per heavy atom. The molecule has 10 nitrogen and oxygen atoms in total. The fourth-order valence-electron chi connectivity index (χ4n) is 4.42. The van der Waals surface area contributed by atoms with Crippen LogP contribution in [0, 0.1) is 0 Å². The zero-order valence-corrected chi connectivity index (χ0v) is 20.6. The maximum Gasteiger partial charge on any atom is 0.265 e. The maximum absolute atomic E-state index is 13.6. The summed E-state index contributed by atoms with van der Waals surface area (Å²) < 4.78 is 18.8. The van der Waals surface area contributed by atoms with E-state index in [1.54, 1.807) is 42.1 Å². The molecule has 0 bridgehead atoms. The summed E-state index contributed by atoms with van der Waals surface area (Å²) in [5.41, 5.74) is 3.45. The number of amides is 2. The number of carbonyl (C=O) groups excluding carboxylic acids is 2. The number of pyridine rings is 1. The molecule has 2 aromatic carbocycles. The first-order valence-electron chi connectivity index (χ1n) is 12.1. The second-order valence-corrected chi connectivity index (χ2v) is 9.25. The van der Waals surface area contributed by atoms with Crippen LogP contribution in [0.4, 0.5) is 11.4 Å². The molecule has 0 aliphatic carbocycles. The summed E-state index contributed by atoms with van der Waals surface area (Å²) in [7, 11) is 0. The molecular formula is C27H25N5O5. The Hall–Kier alpha value is -4.60. The van der Waals surface area contributed by atoms with Gasteiger partial charge in [-0.2, -0.15) is 5.10 Å². The van der Waals surface area contributed by atoms with Crippen molar-refractivity contribution < 1.29 is 23.8 Å². The molecule has 2 N–H and O–H groups in total. The molecule has 2 aliphatic heterocycles. The molecule has 6 rings (SSSR count). The zero-order chi connectivity index (χ0) is 25.7. The van der Waals surface area contributed by atoms with Gasteiger partial charge < -0.3 is 24.8 Å². The van der Waals surface area contributed by atoms with E-state index in [9.17, 15) is 9.59 Å². The average Bonchev–Trinajstić information content (AvgIpc) is 3.33. The van der Waals surface area contributed by atoms with Crippen molar-refractivity contribution in [1.29, 1.82) is 0 Å². The molecule has 4 heterocycles. The van der Waals surface area contributed by atoms with E-state index in [0.29, 0.717) is 64.1 Å². The predicted octanol–water partition coefficient (Wildman–Crippen LogP) is 4.42. The normalized spacial score (nSPS) is 16.2. The van der Waals surface area contributed by atoms with Crippen LogP contribution in [0.2, 0.25) is 0 Å². The summed E-state index contributed by atoms with van der Waals surface area (Å²) in [4.78, 5) is 30.4. The number of benzene rings is 2. The highest BCUT2D eigenvalue weighted by Crippen LogP contribution is 2.36. The highest BCUT2D eigenvalue weighted by molar-refractivity contribution is 6.13. The van der Waals surface area contributed by atoms with Gasteiger partial charge in [-0.1, -0.05) is 0 Å². The number of fused-ring (bicyclic) bond motifs is 3. The van der Waals surface area contributed by atoms with Gasteiger partial charge in [0.1, 0.15) is 19.0 Å². The number of hydrogen-bond acceptors (Lipinski definition) is 7. The van der Waals surface area contributed by atoms with Gasteiger partial charge in [0.25, 0.3) is 11.8 Å². The molecule has 1 unspecified atom stereocenters. The smallest absolute Gasteiger partial charge is 0.265 e. The lowest BCUT2D eigenvalue weighted by atomic mass is 10.1. The molecule has 2 aliphatic rings. The first-order valence-corrected chi connectivity index (χ1v) is 12.1. The van der Waals surface area contributed by atoms with Crippen LogP contribution in [-0.2, 0) is 4.79 Å². The maximum atomic E-state index is 13.6. The minimum absolute atomic E-state index is 0.0445. The number of hydrogen-bond donors (Lipinski definition) is 2. The van der Waals surface area contributed by atoms with Gasteiger partial charge in [-0.15, -0.1) is 0 Å². The third-order valence-corrected chi connectivity index (χ3v) is 6.31. The number of aromatic nitrogens is 3. The number of ether oxygens (including phenoxy) is 3. The molecule has 2 aromatic heterocycles. The Morgan fingerprint density at radius 3 is 2.68 bits per heavy atom. The summed E-state index contributed by atoms with van der Waals surface area (Å²) in [5.74, 6) is 1.30. The second kappa shape index (κ2) is 8.81. The number of anilines is 2. The van der Waals surface area contributed by atoms with E-state index in [1.165, 1.54) is 0 Å². The Bertz CT molecular complexity index is 1560. The summed E-state index contributed by atoms with van der Waals surface area (Å²) >= 11 is 0. The lowest BCUT2D eigenvalue weighted by Gasteiger charge is -2.23. The molecule has 0 fully saturated rings. The van der Waals surface area contributed by atoms with Crippen molar-refractivity contribution in [2.45, 2.75) is 32.9 Å². The molecule has 0 saturated heterocycles. The fraction of sp³-hybridized carbons (Fsp3) is 0.259. The third kappa shape index (κ3) is 4.10. The lowest BCUT2D eigenvalue weighted by Crippen LogP contribution is -2.34. The van der Waals surface area contributed by atoms with Crippen molar-refractivity contribution in [1.82, 2.24) is 14.8 Å². The Kier molecular flexibility index (Phi) is 5.44. The van der Waals surface area contributed by atoms with E-state index in [0.717, 1.165) is 5.56 Å². The van der Waals surface area contributed by atoms with E-state index >= 15 is 0 Å². The molecule has 188 valence electrons. The highest BCUT2D eigenvalue weighted by Gasteiger charge is 2.25. The standard InChI is InChI=1S/C27H25N5O5/c1-14(2)32-25-19(13-28-32)18(12-20(30-25)16-4-6-23-24(10-16)36-9-8-35-23)27(34)29-17-5-7-22-21(11-17)31-26(33)15(3)37-22/h4-7,10-15H,8-9H2,1-3H3,(H,29,34)(H,31,33). The number of rotatable bonds is 4. The first-order chi connectivity index (χ1) is 17.9. The fourth-order valence-corrected chi connectivity index (χ4v) is 4.42. The summed E-state index contributed by atoms with van der Waals surface area (Å²) in [6.07, 6.45) is 1.09. The largest absolute Gasteiger partial charge is 0.486 e. The van der Waals surface area contributed by atoms with Crippen molar-refractivity contribution >= 4 is 34.2 Å². The average molecular weight is 500 g/mol. The molecule has 0 radical (unpaired) electrons. The van der Waals surface area contributed by atoms with Crippen molar-refractivity contribution in [3.8, 4) is 28.5 Å². The van der Waals surface area contributed by atoms with Crippen molar-refractivity contribution in [2.75, 3.05) is 23.8 Å². The molecule has 4 aromatic rings. The Balaban J connectivity index is 1.40. The van der Waals surface area contributed by atoms with Crippen molar-refractivity contribution in [3.05, 3.63) is 54.2 Å². The van der Waals surface area contributed by atoms with Crippen molar-refractivity contribution in [2.24, 2.45) is 0 Å². The van der Waals surface area contributed by atoms with E-state index in [1.807, 2.05) is 32.0 Å². The van der Waals surface area contributed by atoms with Crippen LogP contribution in [0.25, 0.3) is 22.3 Å². The van der Waals surface area contributed by atoms with E-state index < -0.39 is 6.10 Å². The van der Waals surface area contributed by atoms with Crippen LogP contribution >= 0.6 is 0 Å². The van der Waals surface area contributed by atoms with E-state index in [4.69, 9.17) is 19.2 Å². The van der Waals surface area contributed by atoms with Gasteiger partial charge in [-0.05, 0) is 63.2 Å². The van der Waals surface area contributed by atoms with Gasteiger partial charge >= 0.3 is 0 Å². The molecular weight excluding hydrogens is 474 g/mol. The zero-order valence-electron chi connectivity index (χ0n) is 20.6. The predicted molar refractivity (Wildman–Crippen MR) is 137 cm³/mol. The summed E-state index contributed by atoms with van der Waals surface area (Å²) in [5, 5.41) is 10.9. The minimum atomic E-state index is -0.575. The Morgan fingerprint density at radius 2 is 1.86 bits per heavy atom. The van der Waals surface area contributed by atoms with Crippen LogP contribution in [-0.4, -0.2) is 45.9 Å². The molecule has 0 saturated carbocycles. The van der Waals surface area contributed by atoms with Crippen LogP contribution in [0.1, 0.15) is 37.2 Å². The minimum Gasteiger partial charge on any atom is -0.486 e. The third-order valence-electron chi connectivity index (χ3n) is 6.31. The van der Waals surface area contributed by atoms with Crippen molar-refractivity contribution in [3.63, 3.8) is 0 Å². The molecule has 1 atom stereocenters. The molecule has 2 amide bonds. The second-order valence-electron chi connectivity index (χ2n) is 9.25. The number of nitrogens with zero attached hydrogens (tertiary/aromatic N) is 3.